The van der Waals surface area contributed by atoms with Gasteiger partial charge in [0.2, 0.25) is 0 Å². The maximum atomic E-state index is 10.9. The van der Waals surface area contributed by atoms with Gasteiger partial charge in [-0.25, -0.2) is 0 Å². The summed E-state index contributed by atoms with van der Waals surface area (Å²) in [6, 6.07) is 11.0. The Morgan fingerprint density at radius 1 is 1.14 bits per heavy atom. The molecule has 1 aliphatic rings. The number of benzene rings is 2. The number of nitrogens with zero attached hydrogens (tertiary/aromatic N) is 1. The zero-order chi connectivity index (χ0) is 20.7. The first-order valence-corrected chi connectivity index (χ1v) is 10.4. The van der Waals surface area contributed by atoms with Crippen molar-refractivity contribution >= 4 is 46.2 Å². The summed E-state index contributed by atoms with van der Waals surface area (Å²) in [6.07, 6.45) is 1.10. The molecule has 5 nitrogen and oxygen atoms in total. The van der Waals surface area contributed by atoms with Crippen molar-refractivity contribution in [3.05, 3.63) is 57.6 Å². The van der Waals surface area contributed by atoms with Crippen LogP contribution < -0.4 is 10.6 Å². The molecule has 0 bridgehead atoms. The lowest BCUT2D eigenvalue weighted by atomic mass is 9.77. The molecule has 0 aliphatic carbocycles. The minimum Gasteiger partial charge on any atom is -0.332 e. The molecule has 148 valence electrons. The number of nitro groups is 1. The summed E-state index contributed by atoms with van der Waals surface area (Å²) in [5.41, 5.74) is 3.99. The van der Waals surface area contributed by atoms with Crippen molar-refractivity contribution in [3.8, 4) is 0 Å². The van der Waals surface area contributed by atoms with Crippen LogP contribution in [0.25, 0.3) is 0 Å². The molecular weight excluding hydrogens is 390 g/mol. The van der Waals surface area contributed by atoms with Crippen LogP contribution in [-0.4, -0.2) is 14.8 Å². The van der Waals surface area contributed by atoms with Crippen molar-refractivity contribution in [1.29, 1.82) is 0 Å². The fraction of sp³-hybridized carbons (Fsp3) is 0.381. The van der Waals surface area contributed by atoms with Gasteiger partial charge >= 0.3 is 0 Å². The van der Waals surface area contributed by atoms with Crippen LogP contribution in [0.5, 0.6) is 0 Å². The number of hydrogen-bond donors (Lipinski definition) is 2. The maximum Gasteiger partial charge on any atom is 0.269 e. The van der Waals surface area contributed by atoms with Crippen LogP contribution in [0.15, 0.2) is 41.3 Å². The third-order valence-electron chi connectivity index (χ3n) is 4.91. The van der Waals surface area contributed by atoms with Gasteiger partial charge in [-0.2, -0.15) is 0 Å². The number of nitro benzene ring substituents is 1. The number of fused-ring (bicyclic) bond motifs is 1. The summed E-state index contributed by atoms with van der Waals surface area (Å²) in [5.74, 6) is 0. The van der Waals surface area contributed by atoms with Crippen molar-refractivity contribution in [3.63, 3.8) is 0 Å². The third-order valence-corrected chi connectivity index (χ3v) is 6.45. The predicted molar refractivity (Wildman–Crippen MR) is 122 cm³/mol. The van der Waals surface area contributed by atoms with E-state index in [1.807, 2.05) is 24.8 Å². The van der Waals surface area contributed by atoms with E-state index in [2.05, 4.69) is 50.5 Å². The highest BCUT2D eigenvalue weighted by molar-refractivity contribution is 8.00. The summed E-state index contributed by atoms with van der Waals surface area (Å²) >= 11 is 7.39. The summed E-state index contributed by atoms with van der Waals surface area (Å²) in [6.45, 7) is 10.9. The molecule has 0 spiro atoms. The minimum atomic E-state index is -0.398. The Hall–Kier alpha value is -2.12. The lowest BCUT2D eigenvalue weighted by Gasteiger charge is -2.42. The molecule has 3 rings (SSSR count). The standard InChI is InChI=1S/C21H25N3O2S2/c1-13-11-14(24(25)26)9-10-16(13)22-19(27)23-17-8-6-7-15-18(17)28-21(4,5)12-20(15,2)3/h6-11H,12H2,1-5H3,(H2,22,23,27). The summed E-state index contributed by atoms with van der Waals surface area (Å²) in [5, 5.41) is 17.9. The lowest BCUT2D eigenvalue weighted by Crippen LogP contribution is -2.34. The first-order chi connectivity index (χ1) is 13.0. The normalized spacial score (nSPS) is 16.8. The van der Waals surface area contributed by atoms with Crippen LogP contribution in [-0.2, 0) is 5.41 Å². The first-order valence-electron chi connectivity index (χ1n) is 9.14. The highest BCUT2D eigenvalue weighted by atomic mass is 32.2. The van der Waals surface area contributed by atoms with E-state index in [4.69, 9.17) is 12.2 Å². The van der Waals surface area contributed by atoms with Gasteiger partial charge in [0, 0.05) is 27.5 Å². The number of rotatable bonds is 3. The van der Waals surface area contributed by atoms with E-state index in [1.54, 1.807) is 6.07 Å². The summed E-state index contributed by atoms with van der Waals surface area (Å²) in [7, 11) is 0. The Balaban J connectivity index is 1.84. The van der Waals surface area contributed by atoms with Gasteiger partial charge in [0.1, 0.15) is 0 Å². The average molecular weight is 416 g/mol. The second kappa shape index (κ2) is 7.37. The van der Waals surface area contributed by atoms with Gasteiger partial charge in [-0.1, -0.05) is 39.8 Å². The van der Waals surface area contributed by atoms with Crippen molar-refractivity contribution in [2.24, 2.45) is 0 Å². The molecule has 0 aromatic heterocycles. The maximum absolute atomic E-state index is 10.9. The molecule has 0 fully saturated rings. The van der Waals surface area contributed by atoms with Crippen LogP contribution in [0, 0.1) is 17.0 Å². The van der Waals surface area contributed by atoms with E-state index >= 15 is 0 Å². The molecule has 2 N–H and O–H groups in total. The van der Waals surface area contributed by atoms with E-state index in [-0.39, 0.29) is 15.8 Å². The quantitative estimate of drug-likeness (QED) is 0.350. The fourth-order valence-corrected chi connectivity index (χ4v) is 5.82. The second-order valence-corrected chi connectivity index (χ2v) is 10.6. The van der Waals surface area contributed by atoms with Gasteiger partial charge in [0.15, 0.2) is 5.11 Å². The van der Waals surface area contributed by atoms with Crippen molar-refractivity contribution in [1.82, 2.24) is 0 Å². The molecule has 1 aliphatic heterocycles. The largest absolute Gasteiger partial charge is 0.332 e. The van der Waals surface area contributed by atoms with E-state index < -0.39 is 4.92 Å². The zero-order valence-electron chi connectivity index (χ0n) is 16.8. The van der Waals surface area contributed by atoms with Gasteiger partial charge in [-0.05, 0) is 54.2 Å². The first kappa shape index (κ1) is 20.6. The minimum absolute atomic E-state index is 0.0694. The fourth-order valence-electron chi connectivity index (χ4n) is 3.93. The Morgan fingerprint density at radius 3 is 2.46 bits per heavy atom. The number of thioether (sulfide) groups is 1. The summed E-state index contributed by atoms with van der Waals surface area (Å²) < 4.78 is 0.137. The molecule has 0 saturated heterocycles. The highest BCUT2D eigenvalue weighted by Crippen LogP contribution is 2.53. The van der Waals surface area contributed by atoms with Crippen LogP contribution in [0.4, 0.5) is 17.1 Å². The number of hydrogen-bond acceptors (Lipinski definition) is 4. The Labute approximate surface area is 175 Å². The topological polar surface area (TPSA) is 67.2 Å². The van der Waals surface area contributed by atoms with E-state index in [9.17, 15) is 10.1 Å². The van der Waals surface area contributed by atoms with Crippen molar-refractivity contribution in [2.75, 3.05) is 10.6 Å². The number of aryl methyl sites for hydroxylation is 1. The number of non-ortho nitro benzene ring substituents is 1. The van der Waals surface area contributed by atoms with Gasteiger partial charge in [0.25, 0.3) is 5.69 Å². The second-order valence-electron chi connectivity index (χ2n) is 8.44. The van der Waals surface area contributed by atoms with Crippen LogP contribution in [0.2, 0.25) is 0 Å². The molecule has 0 atom stereocenters. The summed E-state index contributed by atoms with van der Waals surface area (Å²) in [4.78, 5) is 11.7. The molecule has 1 heterocycles. The third kappa shape index (κ3) is 4.31. The highest BCUT2D eigenvalue weighted by Gasteiger charge is 2.39. The van der Waals surface area contributed by atoms with Gasteiger partial charge in [-0.3, -0.25) is 10.1 Å². The average Bonchev–Trinajstić information content (AvgIpc) is 2.55. The predicted octanol–water partition coefficient (Wildman–Crippen LogP) is 6.26. The van der Waals surface area contributed by atoms with E-state index in [0.717, 1.165) is 23.4 Å². The molecule has 2 aromatic carbocycles. The Kier molecular flexibility index (Phi) is 5.42. The van der Waals surface area contributed by atoms with Gasteiger partial charge < -0.3 is 10.6 Å². The molecule has 7 heteroatoms. The van der Waals surface area contributed by atoms with Crippen molar-refractivity contribution in [2.45, 2.75) is 56.1 Å². The molecule has 28 heavy (non-hydrogen) atoms. The molecule has 0 unspecified atom stereocenters. The SMILES string of the molecule is Cc1cc([N+](=O)[O-])ccc1NC(=S)Nc1cccc2c1SC(C)(C)CC2(C)C. The Bertz CT molecular complexity index is 955. The number of nitrogens with one attached hydrogen (secondary N) is 2. The van der Waals surface area contributed by atoms with Gasteiger partial charge in [0.05, 0.1) is 10.6 Å². The van der Waals surface area contributed by atoms with Gasteiger partial charge in [-0.15, -0.1) is 11.8 Å². The number of anilines is 2. The molecule has 0 saturated carbocycles. The molecule has 2 aromatic rings. The lowest BCUT2D eigenvalue weighted by molar-refractivity contribution is -0.384. The number of thiocarbonyl (C=S) groups is 1. The smallest absolute Gasteiger partial charge is 0.269 e. The Morgan fingerprint density at radius 2 is 1.82 bits per heavy atom. The zero-order valence-corrected chi connectivity index (χ0v) is 18.4. The van der Waals surface area contributed by atoms with E-state index in [1.165, 1.54) is 22.6 Å². The van der Waals surface area contributed by atoms with Crippen molar-refractivity contribution < 1.29 is 4.92 Å². The van der Waals surface area contributed by atoms with Crippen LogP contribution in [0.1, 0.15) is 45.2 Å². The molecular formula is C21H25N3O2S2. The van der Waals surface area contributed by atoms with E-state index in [0.29, 0.717) is 5.11 Å². The molecule has 0 amide bonds. The molecule has 0 radical (unpaired) electrons. The van der Waals surface area contributed by atoms with Crippen LogP contribution in [0.3, 0.4) is 0 Å². The monoisotopic (exact) mass is 415 g/mol. The van der Waals surface area contributed by atoms with Crippen LogP contribution >= 0.6 is 24.0 Å².